The molecule has 0 radical (unpaired) electrons. The van der Waals surface area contributed by atoms with Crippen LogP contribution in [0.15, 0.2) is 146 Å². The third kappa shape index (κ3) is 20.7. The minimum absolute atomic E-state index is 0.0110. The maximum absolute atomic E-state index is 15.8. The summed E-state index contributed by atoms with van der Waals surface area (Å²) in [5, 5.41) is 0. The zero-order chi connectivity index (χ0) is 64.0. The molecule has 7 rings (SSSR count). The van der Waals surface area contributed by atoms with E-state index in [4.69, 9.17) is 28.4 Å². The maximum atomic E-state index is 15.8. The van der Waals surface area contributed by atoms with E-state index in [-0.39, 0.29) is 34.5 Å². The van der Waals surface area contributed by atoms with E-state index >= 15 is 28.8 Å². The lowest BCUT2D eigenvalue weighted by Gasteiger charge is -2.22. The molecule has 0 fully saturated rings. The van der Waals surface area contributed by atoms with E-state index in [1.807, 2.05) is 0 Å². The van der Waals surface area contributed by atoms with Gasteiger partial charge in [-0.3, -0.25) is 0 Å². The van der Waals surface area contributed by atoms with E-state index in [1.54, 1.807) is 146 Å². The lowest BCUT2D eigenvalue weighted by molar-refractivity contribution is 0.0635. The smallest absolute Gasteiger partial charge is 0.345 e. The SMILES string of the molecule is CCCCCc1ccc(OC(=O)c2c(C(=O)Oc3ccc(CCCCC)cc3)c(C(=O)Oc3ccc(CCCCC)cc3)c(C(=O)Oc3ccc(CCCCC)cc3)c(C(=O)Oc3ccc(CCCCC)cc3)c2C(=O)Oc2ccc(CCCCC)cc2)cc1. The Balaban J connectivity index is 1.54. The molecule has 90 heavy (non-hydrogen) atoms. The third-order valence-electron chi connectivity index (χ3n) is 15.9. The molecule has 0 N–H and O–H groups in total. The molecule has 7 aromatic rings. The predicted octanol–water partition coefficient (Wildman–Crippen LogP) is 19.4. The molecular formula is C78H90O12. The quantitative estimate of drug-likeness (QED) is 0.0208. The molecule has 0 saturated heterocycles. The van der Waals surface area contributed by atoms with Crippen molar-refractivity contribution < 1.29 is 57.2 Å². The van der Waals surface area contributed by atoms with Gasteiger partial charge in [0.25, 0.3) is 0 Å². The van der Waals surface area contributed by atoms with Gasteiger partial charge in [-0.05, 0) is 183 Å². The largest absolute Gasteiger partial charge is 0.423 e. The highest BCUT2D eigenvalue weighted by Crippen LogP contribution is 2.36. The summed E-state index contributed by atoms with van der Waals surface area (Å²) in [7, 11) is 0. The Morgan fingerprint density at radius 2 is 0.322 bits per heavy atom. The van der Waals surface area contributed by atoms with Crippen LogP contribution in [0, 0.1) is 0 Å². The van der Waals surface area contributed by atoms with Crippen molar-refractivity contribution in [3.05, 3.63) is 212 Å². The summed E-state index contributed by atoms with van der Waals surface area (Å²) in [6.07, 6.45) is 22.3. The van der Waals surface area contributed by atoms with E-state index < -0.39 is 69.2 Å². The highest BCUT2D eigenvalue weighted by atomic mass is 16.6. The standard InChI is InChI=1S/C78H90O12/c1-7-13-19-25-55-31-43-61(44-32-55)85-73(79)67-68(74(80)86-62-45-33-56(34-46-62)26-20-14-8-2)70(76(82)88-64-49-37-58(38-50-64)28-22-16-10-4)72(78(84)90-66-53-41-60(42-54-66)30-24-18-12-6)71(77(83)89-65-51-39-59(40-52-65)29-23-17-11-5)69(67)75(81)87-63-47-35-57(36-48-63)27-21-15-9-3/h31-54H,7-30H2,1-6H3. The topological polar surface area (TPSA) is 158 Å². The van der Waals surface area contributed by atoms with Gasteiger partial charge < -0.3 is 28.4 Å². The van der Waals surface area contributed by atoms with Crippen LogP contribution in [0.3, 0.4) is 0 Å². The van der Waals surface area contributed by atoms with Gasteiger partial charge in [0, 0.05) is 0 Å². The maximum Gasteiger partial charge on any atom is 0.345 e. The summed E-state index contributed by atoms with van der Waals surface area (Å²) in [5.41, 5.74) is 0.113. The minimum Gasteiger partial charge on any atom is -0.423 e. The molecule has 0 heterocycles. The van der Waals surface area contributed by atoms with Crippen LogP contribution in [0.1, 0.15) is 253 Å². The Kier molecular flexibility index (Phi) is 28.1. The number of esters is 6. The Morgan fingerprint density at radius 1 is 0.200 bits per heavy atom. The zero-order valence-corrected chi connectivity index (χ0v) is 53.7. The highest BCUT2D eigenvalue weighted by molar-refractivity contribution is 6.25. The Bertz CT molecular complexity index is 2800. The van der Waals surface area contributed by atoms with Gasteiger partial charge in [0.05, 0.1) is 33.4 Å². The van der Waals surface area contributed by atoms with Crippen LogP contribution in [0.5, 0.6) is 34.5 Å². The van der Waals surface area contributed by atoms with Crippen LogP contribution in [-0.4, -0.2) is 35.8 Å². The van der Waals surface area contributed by atoms with Crippen molar-refractivity contribution in [1.29, 1.82) is 0 Å². The average molecular weight is 1220 g/mol. The molecule has 12 nitrogen and oxygen atoms in total. The molecule has 0 aromatic heterocycles. The van der Waals surface area contributed by atoms with Crippen molar-refractivity contribution in [2.75, 3.05) is 0 Å². The van der Waals surface area contributed by atoms with Crippen molar-refractivity contribution in [2.24, 2.45) is 0 Å². The number of carbonyl (C=O) groups is 6. The van der Waals surface area contributed by atoms with Crippen molar-refractivity contribution in [1.82, 2.24) is 0 Å². The summed E-state index contributed by atoms with van der Waals surface area (Å²) < 4.78 is 37.0. The lowest BCUT2D eigenvalue weighted by Crippen LogP contribution is -2.34. The second-order valence-electron chi connectivity index (χ2n) is 23.2. The molecule has 7 aromatic carbocycles. The van der Waals surface area contributed by atoms with E-state index in [0.717, 1.165) is 187 Å². The Morgan fingerprint density at radius 3 is 0.433 bits per heavy atom. The number of benzene rings is 7. The van der Waals surface area contributed by atoms with E-state index in [1.165, 1.54) is 0 Å². The van der Waals surface area contributed by atoms with Gasteiger partial charge >= 0.3 is 35.8 Å². The van der Waals surface area contributed by atoms with Gasteiger partial charge in [0.15, 0.2) is 0 Å². The van der Waals surface area contributed by atoms with Crippen LogP contribution < -0.4 is 28.4 Å². The van der Waals surface area contributed by atoms with E-state index in [9.17, 15) is 0 Å². The van der Waals surface area contributed by atoms with Crippen LogP contribution in [-0.2, 0) is 38.5 Å². The highest BCUT2D eigenvalue weighted by Gasteiger charge is 2.44. The fraction of sp³-hybridized carbons (Fsp3) is 0.385. The lowest BCUT2D eigenvalue weighted by atomic mass is 9.85. The van der Waals surface area contributed by atoms with Gasteiger partial charge in [0.2, 0.25) is 0 Å². The molecule has 12 heteroatoms. The first-order chi connectivity index (χ1) is 43.9. The van der Waals surface area contributed by atoms with Crippen LogP contribution >= 0.6 is 0 Å². The summed E-state index contributed by atoms with van der Waals surface area (Å²) in [6, 6.07) is 40.4. The molecule has 0 bridgehead atoms. The number of rotatable bonds is 36. The second-order valence-corrected chi connectivity index (χ2v) is 23.2. The van der Waals surface area contributed by atoms with Crippen LogP contribution in [0.25, 0.3) is 0 Å². The van der Waals surface area contributed by atoms with Gasteiger partial charge in [-0.1, -0.05) is 191 Å². The van der Waals surface area contributed by atoms with Gasteiger partial charge in [-0.2, -0.15) is 0 Å². The third-order valence-corrected chi connectivity index (χ3v) is 15.9. The average Bonchev–Trinajstić information content (AvgIpc) is 0.811. The Hall–Kier alpha value is -8.64. The molecule has 0 amide bonds. The van der Waals surface area contributed by atoms with Crippen molar-refractivity contribution in [2.45, 2.75) is 196 Å². The molecular weight excluding hydrogens is 1130 g/mol. The second kappa shape index (κ2) is 36.7. The molecule has 0 saturated carbocycles. The molecule has 474 valence electrons. The minimum atomic E-state index is -1.39. The molecule has 0 aliphatic rings. The van der Waals surface area contributed by atoms with E-state index in [0.29, 0.717) is 0 Å². The number of aryl methyl sites for hydroxylation is 6. The first kappa shape index (κ1) is 68.8. The van der Waals surface area contributed by atoms with Gasteiger partial charge in [0.1, 0.15) is 34.5 Å². The number of hydrogen-bond donors (Lipinski definition) is 0. The van der Waals surface area contributed by atoms with E-state index in [2.05, 4.69) is 41.5 Å². The molecule has 0 aliphatic heterocycles. The summed E-state index contributed by atoms with van der Waals surface area (Å²) >= 11 is 0. The van der Waals surface area contributed by atoms with Crippen molar-refractivity contribution >= 4 is 35.8 Å². The molecule has 0 aliphatic carbocycles. The van der Waals surface area contributed by atoms with Crippen molar-refractivity contribution in [3.63, 3.8) is 0 Å². The normalized spacial score (nSPS) is 11.0. The number of hydrogen-bond acceptors (Lipinski definition) is 12. The summed E-state index contributed by atoms with van der Waals surface area (Å²) in [5.74, 6) is -8.40. The monoisotopic (exact) mass is 1220 g/mol. The Labute approximate surface area is 533 Å². The zero-order valence-electron chi connectivity index (χ0n) is 53.7. The first-order valence-electron chi connectivity index (χ1n) is 33.0. The number of unbranched alkanes of at least 4 members (excludes halogenated alkanes) is 12. The number of ether oxygens (including phenoxy) is 6. The first-order valence-corrected chi connectivity index (χ1v) is 33.0. The summed E-state index contributed by atoms with van der Waals surface area (Å²) in [6.45, 7) is 12.7. The fourth-order valence-electron chi connectivity index (χ4n) is 10.7. The molecule has 0 unspecified atom stereocenters. The fourth-order valence-corrected chi connectivity index (χ4v) is 10.7. The van der Waals surface area contributed by atoms with Crippen LogP contribution in [0.4, 0.5) is 0 Å². The van der Waals surface area contributed by atoms with Crippen LogP contribution in [0.2, 0.25) is 0 Å². The summed E-state index contributed by atoms with van der Waals surface area (Å²) in [4.78, 5) is 94.8. The molecule has 0 atom stereocenters. The van der Waals surface area contributed by atoms with Crippen molar-refractivity contribution in [3.8, 4) is 34.5 Å². The number of carbonyl (C=O) groups excluding carboxylic acids is 6. The van der Waals surface area contributed by atoms with Gasteiger partial charge in [-0.15, -0.1) is 0 Å². The molecule has 0 spiro atoms. The predicted molar refractivity (Wildman–Crippen MR) is 354 cm³/mol. The van der Waals surface area contributed by atoms with Gasteiger partial charge in [-0.25, -0.2) is 28.8 Å².